The first-order chi connectivity index (χ1) is 9.60. The van der Waals surface area contributed by atoms with Crippen LogP contribution in [0.3, 0.4) is 0 Å². The van der Waals surface area contributed by atoms with Gasteiger partial charge in [-0.15, -0.1) is 0 Å². The van der Waals surface area contributed by atoms with E-state index in [1.54, 1.807) is 24.3 Å². The number of hydrogen-bond donors (Lipinski definition) is 2. The van der Waals surface area contributed by atoms with Crippen molar-refractivity contribution in [3.63, 3.8) is 0 Å². The van der Waals surface area contributed by atoms with Crippen molar-refractivity contribution in [3.8, 4) is 0 Å². The van der Waals surface area contributed by atoms with Crippen molar-refractivity contribution >= 4 is 17.5 Å². The number of nitrogens with zero attached hydrogens (tertiary/aromatic N) is 1. The van der Waals surface area contributed by atoms with Crippen LogP contribution in [-0.4, -0.2) is 23.8 Å². The number of nitrogens with one attached hydrogen (secondary N) is 2. The van der Waals surface area contributed by atoms with Crippen molar-refractivity contribution in [3.05, 3.63) is 59.7 Å². The number of hydrogen-bond acceptors (Lipinski definition) is 3. The van der Waals surface area contributed by atoms with Gasteiger partial charge in [0.1, 0.15) is 5.69 Å². The summed E-state index contributed by atoms with van der Waals surface area (Å²) in [5.74, 6) is -1.44. The number of aromatic nitrogens is 1. The summed E-state index contributed by atoms with van der Waals surface area (Å²) < 4.78 is 12.9. The molecular formula is C14H12FN3O2. The molecule has 0 aliphatic carbocycles. The van der Waals surface area contributed by atoms with Crippen LogP contribution in [-0.2, 0) is 0 Å². The van der Waals surface area contributed by atoms with E-state index in [-0.39, 0.29) is 11.6 Å². The molecule has 1 aromatic carbocycles. The van der Waals surface area contributed by atoms with Crippen molar-refractivity contribution < 1.29 is 14.0 Å². The number of amides is 2. The molecule has 1 aromatic heterocycles. The third-order valence-corrected chi connectivity index (χ3v) is 2.58. The lowest BCUT2D eigenvalue weighted by Gasteiger charge is -2.05. The second-order valence-electron chi connectivity index (χ2n) is 3.96. The average Bonchev–Trinajstić information content (AvgIpc) is 2.47. The number of halogens is 1. The Morgan fingerprint density at radius 3 is 2.35 bits per heavy atom. The summed E-state index contributed by atoms with van der Waals surface area (Å²) in [7, 11) is 1.54. The summed E-state index contributed by atoms with van der Waals surface area (Å²) >= 11 is 0. The lowest BCUT2D eigenvalue weighted by molar-refractivity contribution is 0.0962. The van der Waals surface area contributed by atoms with Gasteiger partial charge in [0.15, 0.2) is 0 Å². The number of benzene rings is 1. The third kappa shape index (κ3) is 3.17. The Hall–Kier alpha value is -2.76. The predicted octanol–water partition coefficient (Wildman–Crippen LogP) is 1.83. The van der Waals surface area contributed by atoms with Crippen LogP contribution >= 0.6 is 0 Å². The van der Waals surface area contributed by atoms with E-state index in [4.69, 9.17) is 0 Å². The quantitative estimate of drug-likeness (QED) is 0.838. The Morgan fingerprint density at radius 2 is 1.75 bits per heavy atom. The molecule has 0 unspecified atom stereocenters. The fraction of sp³-hybridized carbons (Fsp3) is 0.0714. The molecular weight excluding hydrogens is 261 g/mol. The molecule has 0 atom stereocenters. The van der Waals surface area contributed by atoms with Crippen LogP contribution in [0.1, 0.15) is 20.8 Å². The van der Waals surface area contributed by atoms with Gasteiger partial charge in [-0.2, -0.15) is 4.39 Å². The summed E-state index contributed by atoms with van der Waals surface area (Å²) in [5, 5.41) is 5.07. The van der Waals surface area contributed by atoms with E-state index in [1.807, 2.05) is 0 Å². The van der Waals surface area contributed by atoms with Gasteiger partial charge in [-0.1, -0.05) is 6.07 Å². The summed E-state index contributed by atoms with van der Waals surface area (Å²) in [4.78, 5) is 26.7. The van der Waals surface area contributed by atoms with Gasteiger partial charge in [-0.05, 0) is 36.4 Å². The first-order valence-corrected chi connectivity index (χ1v) is 5.86. The van der Waals surface area contributed by atoms with Crippen LogP contribution < -0.4 is 10.6 Å². The first kappa shape index (κ1) is 13.7. The molecule has 2 amide bonds. The van der Waals surface area contributed by atoms with Crippen molar-refractivity contribution in [1.82, 2.24) is 10.3 Å². The molecule has 2 rings (SSSR count). The molecule has 5 nitrogen and oxygen atoms in total. The Labute approximate surface area is 114 Å². The van der Waals surface area contributed by atoms with Crippen molar-refractivity contribution in [2.24, 2.45) is 0 Å². The monoisotopic (exact) mass is 273 g/mol. The van der Waals surface area contributed by atoms with E-state index in [2.05, 4.69) is 15.6 Å². The Morgan fingerprint density at radius 1 is 1.05 bits per heavy atom. The Balaban J connectivity index is 2.10. The predicted molar refractivity (Wildman–Crippen MR) is 72.0 cm³/mol. The lowest BCUT2D eigenvalue weighted by Crippen LogP contribution is -2.18. The van der Waals surface area contributed by atoms with E-state index in [9.17, 15) is 14.0 Å². The molecule has 2 N–H and O–H groups in total. The number of carbonyl (C=O) groups is 2. The number of carbonyl (C=O) groups excluding carboxylic acids is 2. The largest absolute Gasteiger partial charge is 0.355 e. The van der Waals surface area contributed by atoms with E-state index in [0.29, 0.717) is 11.3 Å². The molecule has 0 fully saturated rings. The molecule has 0 aliphatic rings. The van der Waals surface area contributed by atoms with Gasteiger partial charge in [0.2, 0.25) is 5.95 Å². The number of rotatable bonds is 3. The maximum Gasteiger partial charge on any atom is 0.274 e. The van der Waals surface area contributed by atoms with Gasteiger partial charge in [0.05, 0.1) is 0 Å². The highest BCUT2D eigenvalue weighted by Gasteiger charge is 2.09. The molecule has 1 heterocycles. The first-order valence-electron chi connectivity index (χ1n) is 5.86. The normalized spacial score (nSPS) is 9.90. The zero-order chi connectivity index (χ0) is 14.5. The van der Waals surface area contributed by atoms with Gasteiger partial charge in [0.25, 0.3) is 11.8 Å². The van der Waals surface area contributed by atoms with Gasteiger partial charge in [-0.25, -0.2) is 4.98 Å². The third-order valence-electron chi connectivity index (χ3n) is 2.58. The minimum Gasteiger partial charge on any atom is -0.355 e. The Bertz CT molecular complexity index is 641. The molecule has 0 radical (unpaired) electrons. The van der Waals surface area contributed by atoms with Gasteiger partial charge >= 0.3 is 0 Å². The van der Waals surface area contributed by atoms with Gasteiger partial charge < -0.3 is 10.6 Å². The Kier molecular flexibility index (Phi) is 4.05. The van der Waals surface area contributed by atoms with Crippen LogP contribution in [0.2, 0.25) is 0 Å². The maximum atomic E-state index is 12.9. The highest BCUT2D eigenvalue weighted by atomic mass is 19.1. The molecule has 0 saturated heterocycles. The van der Waals surface area contributed by atoms with Gasteiger partial charge in [-0.3, -0.25) is 9.59 Å². The maximum absolute atomic E-state index is 12.9. The van der Waals surface area contributed by atoms with E-state index in [1.165, 1.54) is 19.2 Å². The fourth-order valence-electron chi connectivity index (χ4n) is 1.58. The van der Waals surface area contributed by atoms with Crippen molar-refractivity contribution in [1.29, 1.82) is 0 Å². The van der Waals surface area contributed by atoms with Crippen LogP contribution in [0.15, 0.2) is 42.5 Å². The summed E-state index contributed by atoms with van der Waals surface area (Å²) in [5.41, 5.74) is 0.962. The summed E-state index contributed by atoms with van der Waals surface area (Å²) in [6, 6.07) is 10.3. The average molecular weight is 273 g/mol. The molecule has 0 aliphatic heterocycles. The van der Waals surface area contributed by atoms with Crippen LogP contribution in [0.5, 0.6) is 0 Å². The minimum atomic E-state index is -0.715. The molecule has 102 valence electrons. The zero-order valence-electron chi connectivity index (χ0n) is 10.7. The lowest BCUT2D eigenvalue weighted by atomic mass is 10.2. The molecule has 6 heteroatoms. The fourth-order valence-corrected chi connectivity index (χ4v) is 1.58. The number of pyridine rings is 1. The van der Waals surface area contributed by atoms with Gasteiger partial charge in [0, 0.05) is 18.3 Å². The van der Waals surface area contributed by atoms with Crippen LogP contribution in [0.4, 0.5) is 10.1 Å². The summed E-state index contributed by atoms with van der Waals surface area (Å²) in [6.45, 7) is 0. The van der Waals surface area contributed by atoms with E-state index >= 15 is 0 Å². The molecule has 2 aromatic rings. The van der Waals surface area contributed by atoms with E-state index in [0.717, 1.165) is 6.07 Å². The van der Waals surface area contributed by atoms with Crippen LogP contribution in [0, 0.1) is 5.95 Å². The number of anilines is 1. The van der Waals surface area contributed by atoms with E-state index < -0.39 is 11.9 Å². The summed E-state index contributed by atoms with van der Waals surface area (Å²) in [6.07, 6.45) is 0. The zero-order valence-corrected chi connectivity index (χ0v) is 10.7. The standard InChI is InChI=1S/C14H12FN3O2/c1-16-13(19)9-5-7-10(8-6-9)17-14(20)11-3-2-4-12(15)18-11/h2-8H,1H3,(H,16,19)(H,17,20). The SMILES string of the molecule is CNC(=O)c1ccc(NC(=O)c2cccc(F)n2)cc1. The molecule has 0 bridgehead atoms. The highest BCUT2D eigenvalue weighted by Crippen LogP contribution is 2.11. The molecule has 0 saturated carbocycles. The highest BCUT2D eigenvalue weighted by molar-refractivity contribution is 6.03. The second kappa shape index (κ2) is 5.92. The molecule has 20 heavy (non-hydrogen) atoms. The minimum absolute atomic E-state index is 0.0135. The smallest absolute Gasteiger partial charge is 0.274 e. The van der Waals surface area contributed by atoms with Crippen LogP contribution in [0.25, 0.3) is 0 Å². The van der Waals surface area contributed by atoms with Crippen molar-refractivity contribution in [2.75, 3.05) is 12.4 Å². The van der Waals surface area contributed by atoms with Crippen molar-refractivity contribution in [2.45, 2.75) is 0 Å². The second-order valence-corrected chi connectivity index (χ2v) is 3.96. The molecule has 0 spiro atoms. The topological polar surface area (TPSA) is 71.1 Å².